The average molecular weight is 252 g/mol. The van der Waals surface area contributed by atoms with Crippen LogP contribution in [0.2, 0.25) is 0 Å². The van der Waals surface area contributed by atoms with Gasteiger partial charge in [-0.15, -0.1) is 0 Å². The van der Waals surface area contributed by atoms with Crippen molar-refractivity contribution in [3.05, 3.63) is 54.3 Å². The largest absolute Gasteiger partial charge is 0.462 e. The quantitative estimate of drug-likeness (QED) is 0.698. The lowest BCUT2D eigenvalue weighted by Gasteiger charge is -2.22. The van der Waals surface area contributed by atoms with Gasteiger partial charge in [-0.2, -0.15) is 0 Å². The molecule has 96 valence electrons. The first-order valence-corrected chi connectivity index (χ1v) is 6.23. The second-order valence-corrected chi connectivity index (χ2v) is 4.69. The van der Waals surface area contributed by atoms with Gasteiger partial charge in [0.05, 0.1) is 17.1 Å². The minimum absolute atomic E-state index is 0.771. The molecule has 0 saturated heterocycles. The van der Waals surface area contributed by atoms with Gasteiger partial charge in [0, 0.05) is 12.4 Å². The van der Waals surface area contributed by atoms with Crippen molar-refractivity contribution in [2.75, 3.05) is 17.7 Å². The Morgan fingerprint density at radius 1 is 1.05 bits per heavy atom. The van der Waals surface area contributed by atoms with Crippen molar-refractivity contribution < 1.29 is 4.42 Å². The number of nitrogens with zero attached hydrogens (tertiary/aromatic N) is 1. The molecule has 3 nitrogen and oxygen atoms in total. The molecule has 3 rings (SSSR count). The standard InChI is InChI=1S/C16H16N2O/c1-11-6-5-8-13(17)16(11)18(2)14-10-19-15-9-4-3-7-12(14)15/h3-10H,17H2,1-2H3. The van der Waals surface area contributed by atoms with Crippen molar-refractivity contribution in [2.24, 2.45) is 0 Å². The lowest BCUT2D eigenvalue weighted by molar-refractivity contribution is 0.616. The number of furan rings is 1. The molecule has 0 unspecified atom stereocenters. The summed E-state index contributed by atoms with van der Waals surface area (Å²) >= 11 is 0. The summed E-state index contributed by atoms with van der Waals surface area (Å²) < 4.78 is 5.59. The summed E-state index contributed by atoms with van der Waals surface area (Å²) in [5, 5.41) is 1.09. The first-order chi connectivity index (χ1) is 9.18. The number of fused-ring (bicyclic) bond motifs is 1. The van der Waals surface area contributed by atoms with Crippen LogP contribution in [0.4, 0.5) is 17.1 Å². The molecule has 3 aromatic rings. The normalized spacial score (nSPS) is 10.8. The number of nitrogens with two attached hydrogens (primary N) is 1. The van der Waals surface area contributed by atoms with Crippen molar-refractivity contribution in [1.82, 2.24) is 0 Å². The summed E-state index contributed by atoms with van der Waals surface area (Å²) in [5.74, 6) is 0. The van der Waals surface area contributed by atoms with Crippen LogP contribution in [0, 0.1) is 6.92 Å². The second kappa shape index (κ2) is 4.35. The highest BCUT2D eigenvalue weighted by atomic mass is 16.3. The van der Waals surface area contributed by atoms with Gasteiger partial charge in [-0.3, -0.25) is 0 Å². The summed E-state index contributed by atoms with van der Waals surface area (Å²) in [6.07, 6.45) is 1.77. The fourth-order valence-electron chi connectivity index (χ4n) is 2.48. The Balaban J connectivity index is 2.16. The molecule has 0 aliphatic rings. The molecule has 0 radical (unpaired) electrons. The van der Waals surface area contributed by atoms with Crippen molar-refractivity contribution in [1.29, 1.82) is 0 Å². The van der Waals surface area contributed by atoms with Gasteiger partial charge in [0.25, 0.3) is 0 Å². The number of rotatable bonds is 2. The smallest absolute Gasteiger partial charge is 0.136 e. The second-order valence-electron chi connectivity index (χ2n) is 4.69. The zero-order chi connectivity index (χ0) is 13.4. The third-order valence-corrected chi connectivity index (χ3v) is 3.43. The van der Waals surface area contributed by atoms with Gasteiger partial charge in [0.1, 0.15) is 11.8 Å². The van der Waals surface area contributed by atoms with Gasteiger partial charge in [0.2, 0.25) is 0 Å². The van der Waals surface area contributed by atoms with E-state index in [2.05, 4.69) is 24.0 Å². The Hall–Kier alpha value is -2.42. The maximum Gasteiger partial charge on any atom is 0.136 e. The molecule has 0 aliphatic heterocycles. The van der Waals surface area contributed by atoms with Crippen LogP contribution in [-0.4, -0.2) is 7.05 Å². The predicted octanol–water partition coefficient (Wildman–Crippen LogP) is 4.09. The third-order valence-electron chi connectivity index (χ3n) is 3.43. The highest BCUT2D eigenvalue weighted by Crippen LogP contribution is 2.36. The molecule has 0 fully saturated rings. The van der Waals surface area contributed by atoms with Crippen LogP contribution in [-0.2, 0) is 0 Å². The van der Waals surface area contributed by atoms with Crippen LogP contribution in [0.25, 0.3) is 11.0 Å². The lowest BCUT2D eigenvalue weighted by Crippen LogP contribution is -2.12. The van der Waals surface area contributed by atoms with E-state index in [1.54, 1.807) is 6.26 Å². The molecular weight excluding hydrogens is 236 g/mol. The molecule has 1 aromatic heterocycles. The molecule has 0 bridgehead atoms. The van der Waals surface area contributed by atoms with E-state index in [0.717, 1.165) is 33.6 Å². The Morgan fingerprint density at radius 2 is 1.84 bits per heavy atom. The maximum atomic E-state index is 6.10. The van der Waals surface area contributed by atoms with E-state index < -0.39 is 0 Å². The van der Waals surface area contributed by atoms with Crippen LogP contribution in [0.3, 0.4) is 0 Å². The molecule has 2 aromatic carbocycles. The number of benzene rings is 2. The molecule has 0 aliphatic carbocycles. The zero-order valence-electron chi connectivity index (χ0n) is 11.1. The molecule has 19 heavy (non-hydrogen) atoms. The van der Waals surface area contributed by atoms with Gasteiger partial charge in [-0.1, -0.05) is 24.3 Å². The van der Waals surface area contributed by atoms with E-state index in [4.69, 9.17) is 10.2 Å². The molecule has 0 atom stereocenters. The SMILES string of the molecule is Cc1cccc(N)c1N(C)c1coc2ccccc12. The van der Waals surface area contributed by atoms with Crippen LogP contribution < -0.4 is 10.6 Å². The Kier molecular flexibility index (Phi) is 2.67. The van der Waals surface area contributed by atoms with E-state index in [-0.39, 0.29) is 0 Å². The highest BCUT2D eigenvalue weighted by Gasteiger charge is 2.14. The topological polar surface area (TPSA) is 42.4 Å². The zero-order valence-corrected chi connectivity index (χ0v) is 11.1. The summed E-state index contributed by atoms with van der Waals surface area (Å²) in [5.41, 5.74) is 10.9. The molecule has 3 heteroatoms. The first-order valence-electron chi connectivity index (χ1n) is 6.23. The van der Waals surface area contributed by atoms with Gasteiger partial charge in [-0.05, 0) is 30.7 Å². The minimum Gasteiger partial charge on any atom is -0.462 e. The fraction of sp³-hybridized carbons (Fsp3) is 0.125. The van der Waals surface area contributed by atoms with Gasteiger partial charge in [0.15, 0.2) is 0 Å². The molecule has 0 spiro atoms. The lowest BCUT2D eigenvalue weighted by atomic mass is 10.1. The average Bonchev–Trinajstić information content (AvgIpc) is 2.82. The summed E-state index contributed by atoms with van der Waals surface area (Å²) in [7, 11) is 2.01. The van der Waals surface area contributed by atoms with E-state index in [1.165, 1.54) is 0 Å². The first kappa shape index (κ1) is 11.7. The van der Waals surface area contributed by atoms with Crippen LogP contribution in [0.15, 0.2) is 53.1 Å². The van der Waals surface area contributed by atoms with Crippen molar-refractivity contribution in [3.63, 3.8) is 0 Å². The van der Waals surface area contributed by atoms with E-state index in [0.29, 0.717) is 0 Å². The minimum atomic E-state index is 0.771. The number of nitrogen functional groups attached to an aromatic ring is 1. The number of anilines is 3. The van der Waals surface area contributed by atoms with Gasteiger partial charge in [-0.25, -0.2) is 0 Å². The third kappa shape index (κ3) is 1.83. The molecule has 2 N–H and O–H groups in total. The summed E-state index contributed by atoms with van der Waals surface area (Å²) in [4.78, 5) is 2.08. The van der Waals surface area contributed by atoms with E-state index in [1.807, 2.05) is 37.4 Å². The Bertz CT molecular complexity index is 710. The predicted molar refractivity (Wildman–Crippen MR) is 79.9 cm³/mol. The number of hydrogen-bond donors (Lipinski definition) is 1. The molecular formula is C16H16N2O. The van der Waals surface area contributed by atoms with Crippen molar-refractivity contribution >= 4 is 28.0 Å². The van der Waals surface area contributed by atoms with Crippen LogP contribution in [0.1, 0.15) is 5.56 Å². The Morgan fingerprint density at radius 3 is 2.63 bits per heavy atom. The monoisotopic (exact) mass is 252 g/mol. The van der Waals surface area contributed by atoms with Gasteiger partial charge >= 0.3 is 0 Å². The van der Waals surface area contributed by atoms with Gasteiger partial charge < -0.3 is 15.1 Å². The number of para-hydroxylation sites is 2. The molecule has 0 saturated carbocycles. The van der Waals surface area contributed by atoms with E-state index >= 15 is 0 Å². The maximum absolute atomic E-state index is 6.10. The fourth-order valence-corrected chi connectivity index (χ4v) is 2.48. The van der Waals surface area contributed by atoms with Crippen molar-refractivity contribution in [2.45, 2.75) is 6.92 Å². The Labute approximate surface area is 112 Å². The van der Waals surface area contributed by atoms with Crippen LogP contribution >= 0.6 is 0 Å². The summed E-state index contributed by atoms with van der Waals surface area (Å²) in [6, 6.07) is 13.9. The number of hydrogen-bond acceptors (Lipinski definition) is 3. The number of aryl methyl sites for hydroxylation is 1. The van der Waals surface area contributed by atoms with E-state index in [9.17, 15) is 0 Å². The summed E-state index contributed by atoms with van der Waals surface area (Å²) in [6.45, 7) is 2.06. The van der Waals surface area contributed by atoms with Crippen LogP contribution in [0.5, 0.6) is 0 Å². The highest BCUT2D eigenvalue weighted by molar-refractivity contribution is 5.94. The molecule has 1 heterocycles. The molecule has 0 amide bonds. The van der Waals surface area contributed by atoms with Crippen molar-refractivity contribution in [3.8, 4) is 0 Å².